The monoisotopic (exact) mass is 346 g/mol. The highest BCUT2D eigenvalue weighted by Crippen LogP contribution is 2.19. The number of amides is 1. The van der Waals surface area contributed by atoms with Gasteiger partial charge >= 0.3 is 5.88 Å². The Balaban J connectivity index is 1.76. The van der Waals surface area contributed by atoms with Crippen LogP contribution in [0.15, 0.2) is 56.9 Å². The Labute approximate surface area is 141 Å². The van der Waals surface area contributed by atoms with Crippen molar-refractivity contribution >= 4 is 23.1 Å². The van der Waals surface area contributed by atoms with E-state index in [2.05, 4.69) is 0 Å². The summed E-state index contributed by atoms with van der Waals surface area (Å²) in [6, 6.07) is 9.97. The first kappa shape index (κ1) is 16.0. The lowest BCUT2D eigenvalue weighted by atomic mass is 10.2. The van der Waals surface area contributed by atoms with Gasteiger partial charge in [-0.2, -0.15) is 0 Å². The second-order valence-corrected chi connectivity index (χ2v) is 6.06. The lowest BCUT2D eigenvalue weighted by Gasteiger charge is -2.20. The summed E-state index contributed by atoms with van der Waals surface area (Å²) in [7, 11) is 0. The standard InChI is InChI=1S/C16H14N2O5S/c19-16(14-5-6-15(23-14)18(20)21)17(11-12-3-1-9-22-12)8-7-13-4-2-10-24-13/h1-6,9-10H,7-8,11H2. The number of thiophene rings is 1. The van der Waals surface area contributed by atoms with E-state index in [9.17, 15) is 14.9 Å². The van der Waals surface area contributed by atoms with Gasteiger partial charge in [0.25, 0.3) is 5.91 Å². The third kappa shape index (κ3) is 3.72. The van der Waals surface area contributed by atoms with Crippen LogP contribution in [0.25, 0.3) is 0 Å². The number of nitro groups is 1. The van der Waals surface area contributed by atoms with E-state index in [1.165, 1.54) is 18.4 Å². The van der Waals surface area contributed by atoms with Crippen LogP contribution in [0.2, 0.25) is 0 Å². The van der Waals surface area contributed by atoms with Gasteiger partial charge < -0.3 is 13.7 Å². The van der Waals surface area contributed by atoms with Crippen molar-refractivity contribution in [3.63, 3.8) is 0 Å². The fraction of sp³-hybridized carbons (Fsp3) is 0.188. The quantitative estimate of drug-likeness (QED) is 0.480. The number of nitrogens with zero attached hydrogens (tertiary/aromatic N) is 2. The summed E-state index contributed by atoms with van der Waals surface area (Å²) in [5.41, 5.74) is 0. The van der Waals surface area contributed by atoms with Gasteiger partial charge in [-0.15, -0.1) is 11.3 Å². The van der Waals surface area contributed by atoms with Gasteiger partial charge in [0.15, 0.2) is 5.76 Å². The van der Waals surface area contributed by atoms with Gasteiger partial charge in [-0.1, -0.05) is 6.07 Å². The van der Waals surface area contributed by atoms with E-state index in [1.807, 2.05) is 17.5 Å². The third-order valence-corrected chi connectivity index (χ3v) is 4.34. The molecular formula is C16H14N2O5S. The molecule has 0 fully saturated rings. The molecule has 124 valence electrons. The summed E-state index contributed by atoms with van der Waals surface area (Å²) in [5, 5.41) is 12.7. The van der Waals surface area contributed by atoms with E-state index in [1.54, 1.807) is 28.4 Å². The molecule has 7 nitrogen and oxygen atoms in total. The van der Waals surface area contributed by atoms with Gasteiger partial charge in [0.05, 0.1) is 18.9 Å². The first-order valence-electron chi connectivity index (χ1n) is 7.22. The summed E-state index contributed by atoms with van der Waals surface area (Å²) >= 11 is 1.61. The average Bonchev–Trinajstić information content (AvgIpc) is 3.33. The fourth-order valence-corrected chi connectivity index (χ4v) is 2.94. The molecule has 0 aliphatic rings. The number of hydrogen-bond acceptors (Lipinski definition) is 6. The Morgan fingerprint density at radius 2 is 2.12 bits per heavy atom. The zero-order valence-electron chi connectivity index (χ0n) is 12.6. The molecular weight excluding hydrogens is 332 g/mol. The third-order valence-electron chi connectivity index (χ3n) is 3.40. The number of carbonyl (C=O) groups is 1. The molecule has 3 rings (SSSR count). The second kappa shape index (κ2) is 7.14. The van der Waals surface area contributed by atoms with Crippen molar-refractivity contribution in [3.05, 3.63) is 74.6 Å². The molecule has 3 aromatic heterocycles. The van der Waals surface area contributed by atoms with E-state index in [4.69, 9.17) is 8.83 Å². The van der Waals surface area contributed by atoms with Gasteiger partial charge in [-0.05, 0) is 36.1 Å². The largest absolute Gasteiger partial charge is 0.467 e. The molecule has 0 bridgehead atoms. The molecule has 3 heterocycles. The van der Waals surface area contributed by atoms with Crippen LogP contribution in [-0.4, -0.2) is 22.3 Å². The molecule has 3 aromatic rings. The molecule has 0 aliphatic carbocycles. The zero-order valence-corrected chi connectivity index (χ0v) is 13.4. The van der Waals surface area contributed by atoms with Crippen LogP contribution in [0.5, 0.6) is 0 Å². The van der Waals surface area contributed by atoms with E-state index >= 15 is 0 Å². The van der Waals surface area contributed by atoms with Gasteiger partial charge in [-0.3, -0.25) is 14.9 Å². The molecule has 0 saturated heterocycles. The normalized spacial score (nSPS) is 10.7. The van der Waals surface area contributed by atoms with Gasteiger partial charge in [0.2, 0.25) is 0 Å². The van der Waals surface area contributed by atoms with E-state index in [0.29, 0.717) is 18.7 Å². The Morgan fingerprint density at radius 1 is 1.25 bits per heavy atom. The highest BCUT2D eigenvalue weighted by molar-refractivity contribution is 7.09. The van der Waals surface area contributed by atoms with Crippen molar-refractivity contribution in [2.45, 2.75) is 13.0 Å². The van der Waals surface area contributed by atoms with Crippen molar-refractivity contribution in [1.29, 1.82) is 0 Å². The Hall–Kier alpha value is -2.87. The minimum absolute atomic E-state index is 0.0561. The molecule has 0 radical (unpaired) electrons. The minimum atomic E-state index is -0.667. The van der Waals surface area contributed by atoms with E-state index < -0.39 is 16.7 Å². The van der Waals surface area contributed by atoms with Crippen molar-refractivity contribution in [3.8, 4) is 0 Å². The molecule has 0 N–H and O–H groups in total. The fourth-order valence-electron chi connectivity index (χ4n) is 2.24. The number of rotatable bonds is 7. The maximum atomic E-state index is 12.6. The predicted octanol–water partition coefficient (Wildman–Crippen LogP) is 3.73. The second-order valence-electron chi connectivity index (χ2n) is 5.03. The molecule has 0 atom stereocenters. The maximum absolute atomic E-state index is 12.6. The summed E-state index contributed by atoms with van der Waals surface area (Å²) in [5.74, 6) is -0.277. The van der Waals surface area contributed by atoms with Gasteiger partial charge in [0, 0.05) is 11.4 Å². The van der Waals surface area contributed by atoms with E-state index in [0.717, 1.165) is 4.88 Å². The summed E-state index contributed by atoms with van der Waals surface area (Å²) in [6.45, 7) is 0.722. The first-order valence-corrected chi connectivity index (χ1v) is 8.09. The van der Waals surface area contributed by atoms with Crippen LogP contribution in [0.4, 0.5) is 5.88 Å². The molecule has 0 saturated carbocycles. The number of furan rings is 2. The van der Waals surface area contributed by atoms with E-state index in [-0.39, 0.29) is 12.3 Å². The molecule has 8 heteroatoms. The van der Waals surface area contributed by atoms with Crippen LogP contribution >= 0.6 is 11.3 Å². The predicted molar refractivity (Wildman–Crippen MR) is 86.8 cm³/mol. The van der Waals surface area contributed by atoms with Crippen molar-refractivity contribution in [2.75, 3.05) is 6.54 Å². The highest BCUT2D eigenvalue weighted by Gasteiger charge is 2.23. The first-order chi connectivity index (χ1) is 11.6. The maximum Gasteiger partial charge on any atom is 0.433 e. The smallest absolute Gasteiger partial charge is 0.433 e. The Morgan fingerprint density at radius 3 is 2.75 bits per heavy atom. The summed E-state index contributed by atoms with van der Waals surface area (Å²) in [4.78, 5) is 25.4. The lowest BCUT2D eigenvalue weighted by molar-refractivity contribution is -0.402. The average molecular weight is 346 g/mol. The van der Waals surface area contributed by atoms with Crippen molar-refractivity contribution < 1.29 is 18.6 Å². The SMILES string of the molecule is O=C(c1ccc([N+](=O)[O-])o1)N(CCc1cccs1)Cc1ccco1. The minimum Gasteiger partial charge on any atom is -0.467 e. The highest BCUT2D eigenvalue weighted by atomic mass is 32.1. The summed E-state index contributed by atoms with van der Waals surface area (Å²) in [6.07, 6.45) is 2.22. The molecule has 24 heavy (non-hydrogen) atoms. The summed E-state index contributed by atoms with van der Waals surface area (Å²) < 4.78 is 10.3. The molecule has 0 aromatic carbocycles. The van der Waals surface area contributed by atoms with Crippen LogP contribution in [-0.2, 0) is 13.0 Å². The van der Waals surface area contributed by atoms with Crippen LogP contribution in [0.1, 0.15) is 21.2 Å². The van der Waals surface area contributed by atoms with Gasteiger partial charge in [0.1, 0.15) is 10.7 Å². The van der Waals surface area contributed by atoms with Crippen molar-refractivity contribution in [2.24, 2.45) is 0 Å². The van der Waals surface area contributed by atoms with Crippen molar-refractivity contribution in [1.82, 2.24) is 4.90 Å². The van der Waals surface area contributed by atoms with Gasteiger partial charge in [-0.25, -0.2) is 0 Å². The topological polar surface area (TPSA) is 89.7 Å². The van der Waals surface area contributed by atoms with Crippen LogP contribution < -0.4 is 0 Å². The number of carbonyl (C=O) groups excluding carboxylic acids is 1. The van der Waals surface area contributed by atoms with Crippen LogP contribution in [0, 0.1) is 10.1 Å². The molecule has 0 spiro atoms. The lowest BCUT2D eigenvalue weighted by Crippen LogP contribution is -2.32. The molecule has 1 amide bonds. The number of hydrogen-bond donors (Lipinski definition) is 0. The molecule has 0 aliphatic heterocycles. The Kier molecular flexibility index (Phi) is 4.76. The zero-order chi connectivity index (χ0) is 16.9. The van der Waals surface area contributed by atoms with Crippen LogP contribution in [0.3, 0.4) is 0 Å². The Bertz CT molecular complexity index is 808. The molecule has 0 unspecified atom stereocenters.